The monoisotopic (exact) mass is 184 g/mol. The van der Waals surface area contributed by atoms with E-state index in [-0.39, 0.29) is 5.41 Å². The van der Waals surface area contributed by atoms with Gasteiger partial charge < -0.3 is 0 Å². The van der Waals surface area contributed by atoms with E-state index in [0.717, 1.165) is 19.3 Å². The molecule has 13 heavy (non-hydrogen) atoms. The van der Waals surface area contributed by atoms with Gasteiger partial charge in [-0.2, -0.15) is 0 Å². The topological polar surface area (TPSA) is 0 Å². The summed E-state index contributed by atoms with van der Waals surface area (Å²) in [5.74, 6) is 0. The molecule has 0 saturated heterocycles. The number of hydrogen-bond donors (Lipinski definition) is 0. The zero-order valence-electron chi connectivity index (χ0n) is 8.91. The van der Waals surface area contributed by atoms with Gasteiger partial charge in [0.05, 0.1) is 0 Å². The maximum Gasteiger partial charge on any atom is 0.101 e. The van der Waals surface area contributed by atoms with Gasteiger partial charge in [0.2, 0.25) is 0 Å². The maximum absolute atomic E-state index is 13.3. The van der Waals surface area contributed by atoms with Crippen molar-refractivity contribution in [1.29, 1.82) is 0 Å². The van der Waals surface area contributed by atoms with Crippen molar-refractivity contribution in [2.24, 2.45) is 5.41 Å². The highest BCUT2D eigenvalue weighted by atomic mass is 19.1. The van der Waals surface area contributed by atoms with Crippen molar-refractivity contribution >= 4 is 0 Å². The molecule has 0 spiro atoms. The van der Waals surface area contributed by atoms with Gasteiger partial charge in [-0.05, 0) is 43.9 Å². The average Bonchev–Trinajstić information content (AvgIpc) is 2.48. The van der Waals surface area contributed by atoms with Gasteiger partial charge in [-0.3, -0.25) is 0 Å². The molecule has 0 aromatic heterocycles. The second-order valence-corrected chi connectivity index (χ2v) is 4.30. The number of rotatable bonds is 4. The summed E-state index contributed by atoms with van der Waals surface area (Å²) in [6, 6.07) is 0. The minimum Gasteiger partial charge on any atom is -0.247 e. The minimum absolute atomic E-state index is 0.148. The molecular weight excluding hydrogens is 163 g/mol. The van der Waals surface area contributed by atoms with E-state index in [1.807, 2.05) is 6.92 Å². The summed E-state index contributed by atoms with van der Waals surface area (Å²) in [5, 5.41) is 0. The Bertz CT molecular complexity index is 186. The van der Waals surface area contributed by atoms with Gasteiger partial charge in [-0.25, -0.2) is 4.39 Å². The lowest BCUT2D eigenvalue weighted by atomic mass is 9.76. The van der Waals surface area contributed by atoms with Crippen LogP contribution in [0.4, 0.5) is 4.39 Å². The molecule has 0 nitrogen and oxygen atoms in total. The van der Waals surface area contributed by atoms with Gasteiger partial charge in [-0.15, -0.1) is 0 Å². The maximum atomic E-state index is 13.3. The highest BCUT2D eigenvalue weighted by Gasteiger charge is 2.37. The Hall–Kier alpha value is -0.330. The Morgan fingerprint density at radius 3 is 2.62 bits per heavy atom. The zero-order valence-corrected chi connectivity index (χ0v) is 8.91. The second-order valence-electron chi connectivity index (χ2n) is 4.30. The van der Waals surface area contributed by atoms with Crippen LogP contribution in [0, 0.1) is 5.41 Å². The normalized spacial score (nSPS) is 30.8. The van der Waals surface area contributed by atoms with E-state index < -0.39 is 6.17 Å². The van der Waals surface area contributed by atoms with Crippen LogP contribution in [-0.2, 0) is 0 Å². The summed E-state index contributed by atoms with van der Waals surface area (Å²) in [7, 11) is 0. The predicted octanol–water partition coefficient (Wildman–Crippen LogP) is 4.26. The quantitative estimate of drug-likeness (QED) is 0.573. The van der Waals surface area contributed by atoms with Crippen LogP contribution in [0.25, 0.3) is 0 Å². The van der Waals surface area contributed by atoms with Gasteiger partial charge in [0.15, 0.2) is 0 Å². The largest absolute Gasteiger partial charge is 0.247 e. The third kappa shape index (κ3) is 2.12. The Kier molecular flexibility index (Phi) is 3.52. The smallest absolute Gasteiger partial charge is 0.101 e. The lowest BCUT2D eigenvalue weighted by Gasteiger charge is -2.30. The van der Waals surface area contributed by atoms with Gasteiger partial charge in [0, 0.05) is 0 Å². The molecule has 0 aromatic rings. The molecule has 0 aromatic carbocycles. The highest BCUT2D eigenvalue weighted by Crippen LogP contribution is 2.48. The molecule has 1 aliphatic carbocycles. The summed E-state index contributed by atoms with van der Waals surface area (Å²) < 4.78 is 13.3. The Morgan fingerprint density at radius 2 is 2.23 bits per heavy atom. The summed E-state index contributed by atoms with van der Waals surface area (Å²) in [6.07, 6.45) is 5.27. The van der Waals surface area contributed by atoms with Crippen LogP contribution in [-0.4, -0.2) is 6.17 Å². The summed E-state index contributed by atoms with van der Waals surface area (Å²) in [6.45, 7) is 8.19. The van der Waals surface area contributed by atoms with Crippen molar-refractivity contribution < 1.29 is 4.39 Å². The molecular formula is C12H21F. The molecule has 1 saturated carbocycles. The molecule has 0 heterocycles. The van der Waals surface area contributed by atoms with E-state index in [4.69, 9.17) is 0 Å². The molecule has 76 valence electrons. The number of halogens is 1. The van der Waals surface area contributed by atoms with E-state index in [1.165, 1.54) is 12.0 Å². The van der Waals surface area contributed by atoms with Crippen molar-refractivity contribution in [3.8, 4) is 0 Å². The van der Waals surface area contributed by atoms with Crippen molar-refractivity contribution in [2.45, 2.75) is 58.5 Å². The molecule has 1 fully saturated rings. The molecule has 2 unspecified atom stereocenters. The van der Waals surface area contributed by atoms with Gasteiger partial charge in [-0.1, -0.05) is 26.0 Å². The SMILES string of the molecule is C=C1CCCC1(CC)CC(F)CC. The summed E-state index contributed by atoms with van der Waals surface area (Å²) in [5.41, 5.74) is 1.45. The van der Waals surface area contributed by atoms with Crippen LogP contribution in [0.1, 0.15) is 52.4 Å². The standard InChI is InChI=1S/C12H21F/c1-4-11(13)9-12(5-2)8-6-7-10(12)3/h11H,3-9H2,1-2H3. The lowest BCUT2D eigenvalue weighted by molar-refractivity contribution is 0.201. The molecule has 1 heteroatoms. The first-order valence-corrected chi connectivity index (χ1v) is 5.47. The third-order valence-electron chi connectivity index (χ3n) is 3.62. The number of alkyl halides is 1. The molecule has 1 aliphatic rings. The molecule has 0 amide bonds. The van der Waals surface area contributed by atoms with Crippen LogP contribution in [0.2, 0.25) is 0 Å². The van der Waals surface area contributed by atoms with E-state index in [2.05, 4.69) is 13.5 Å². The van der Waals surface area contributed by atoms with Gasteiger partial charge in [0.25, 0.3) is 0 Å². The first-order valence-electron chi connectivity index (χ1n) is 5.47. The van der Waals surface area contributed by atoms with Crippen LogP contribution in [0.3, 0.4) is 0 Å². The fourth-order valence-corrected chi connectivity index (χ4v) is 2.47. The van der Waals surface area contributed by atoms with Crippen molar-refractivity contribution in [1.82, 2.24) is 0 Å². The van der Waals surface area contributed by atoms with Gasteiger partial charge >= 0.3 is 0 Å². The Balaban J connectivity index is 2.64. The average molecular weight is 184 g/mol. The first-order chi connectivity index (χ1) is 6.14. The first kappa shape index (κ1) is 10.7. The van der Waals surface area contributed by atoms with E-state index in [9.17, 15) is 4.39 Å². The lowest BCUT2D eigenvalue weighted by Crippen LogP contribution is -2.22. The minimum atomic E-state index is -0.630. The predicted molar refractivity (Wildman–Crippen MR) is 55.5 cm³/mol. The second kappa shape index (κ2) is 4.26. The van der Waals surface area contributed by atoms with Crippen molar-refractivity contribution in [3.63, 3.8) is 0 Å². The van der Waals surface area contributed by atoms with E-state index in [1.54, 1.807) is 0 Å². The Morgan fingerprint density at radius 1 is 1.54 bits per heavy atom. The van der Waals surface area contributed by atoms with Crippen LogP contribution in [0.5, 0.6) is 0 Å². The molecule has 0 bridgehead atoms. The fourth-order valence-electron chi connectivity index (χ4n) is 2.47. The van der Waals surface area contributed by atoms with Crippen LogP contribution in [0.15, 0.2) is 12.2 Å². The summed E-state index contributed by atoms with van der Waals surface area (Å²) in [4.78, 5) is 0. The number of allylic oxidation sites excluding steroid dienone is 1. The molecule has 0 radical (unpaired) electrons. The van der Waals surface area contributed by atoms with Crippen molar-refractivity contribution in [3.05, 3.63) is 12.2 Å². The van der Waals surface area contributed by atoms with Crippen LogP contribution >= 0.6 is 0 Å². The Labute approximate surface area is 81.2 Å². The summed E-state index contributed by atoms with van der Waals surface area (Å²) >= 11 is 0. The highest BCUT2D eigenvalue weighted by molar-refractivity contribution is 5.15. The molecule has 2 atom stereocenters. The van der Waals surface area contributed by atoms with Crippen molar-refractivity contribution in [2.75, 3.05) is 0 Å². The third-order valence-corrected chi connectivity index (χ3v) is 3.62. The fraction of sp³-hybridized carbons (Fsp3) is 0.833. The van der Waals surface area contributed by atoms with Gasteiger partial charge in [0.1, 0.15) is 6.17 Å². The van der Waals surface area contributed by atoms with Crippen LogP contribution < -0.4 is 0 Å². The molecule has 0 N–H and O–H groups in total. The van der Waals surface area contributed by atoms with E-state index >= 15 is 0 Å². The van der Waals surface area contributed by atoms with E-state index in [0.29, 0.717) is 12.8 Å². The molecule has 0 aliphatic heterocycles. The number of hydrogen-bond acceptors (Lipinski definition) is 0. The zero-order chi connectivity index (χ0) is 9.90. The molecule has 1 rings (SSSR count).